The molecule has 0 bridgehead atoms. The highest BCUT2D eigenvalue weighted by Gasteiger charge is 2.44. The van der Waals surface area contributed by atoms with E-state index >= 15 is 0 Å². The van der Waals surface area contributed by atoms with Crippen LogP contribution in [0.4, 0.5) is 0 Å². The fourth-order valence-electron chi connectivity index (χ4n) is 3.54. The molecule has 3 heterocycles. The fourth-order valence-corrected chi connectivity index (χ4v) is 3.69. The van der Waals surface area contributed by atoms with Crippen LogP contribution in [0.1, 0.15) is 44.0 Å². The van der Waals surface area contributed by atoms with Crippen molar-refractivity contribution in [1.82, 2.24) is 15.1 Å². The first kappa shape index (κ1) is 15.3. The second-order valence-electron chi connectivity index (χ2n) is 6.84. The van der Waals surface area contributed by atoms with Gasteiger partial charge < -0.3 is 9.84 Å². The van der Waals surface area contributed by atoms with E-state index in [-0.39, 0.29) is 5.60 Å². The summed E-state index contributed by atoms with van der Waals surface area (Å²) in [6.07, 6.45) is 3.41. The van der Waals surface area contributed by atoms with Crippen LogP contribution in [0.3, 0.4) is 0 Å². The number of aromatic nitrogens is 2. The zero-order chi connectivity index (χ0) is 15.1. The van der Waals surface area contributed by atoms with Gasteiger partial charge in [0.2, 0.25) is 0 Å². The number of rotatable bonds is 2. The Balaban J connectivity index is 1.59. The first-order valence-corrected chi connectivity index (χ1v) is 8.05. The third-order valence-corrected chi connectivity index (χ3v) is 5.34. The van der Waals surface area contributed by atoms with E-state index in [0.717, 1.165) is 61.7 Å². The molecule has 5 nitrogen and oxygen atoms in total. The highest BCUT2D eigenvalue weighted by atomic mass is 35.5. The largest absolute Gasteiger partial charge is 0.390 e. The molecular weight excluding hydrogens is 290 g/mol. The molecule has 0 radical (unpaired) electrons. The normalized spacial score (nSPS) is 29.9. The van der Waals surface area contributed by atoms with E-state index in [9.17, 15) is 5.11 Å². The van der Waals surface area contributed by atoms with E-state index in [0.29, 0.717) is 6.61 Å². The Bertz CT molecular complexity index is 507. The molecule has 3 rings (SSSR count). The van der Waals surface area contributed by atoms with Gasteiger partial charge in [0.05, 0.1) is 34.2 Å². The lowest BCUT2D eigenvalue weighted by atomic mass is 9.78. The van der Waals surface area contributed by atoms with Crippen LogP contribution in [0.2, 0.25) is 5.02 Å². The van der Waals surface area contributed by atoms with Crippen LogP contribution >= 0.6 is 11.6 Å². The Morgan fingerprint density at radius 1 is 1.38 bits per heavy atom. The van der Waals surface area contributed by atoms with Crippen LogP contribution in [0.5, 0.6) is 0 Å². The molecular formula is C15H24ClN3O2. The van der Waals surface area contributed by atoms with Crippen molar-refractivity contribution < 1.29 is 9.84 Å². The molecule has 0 aliphatic carbocycles. The molecule has 1 aromatic heterocycles. The first-order chi connectivity index (χ1) is 9.89. The van der Waals surface area contributed by atoms with Crippen molar-refractivity contribution in [3.8, 4) is 0 Å². The van der Waals surface area contributed by atoms with Crippen molar-refractivity contribution in [3.63, 3.8) is 0 Å². The monoisotopic (exact) mass is 313 g/mol. The van der Waals surface area contributed by atoms with E-state index in [2.05, 4.69) is 15.1 Å². The molecule has 21 heavy (non-hydrogen) atoms. The second kappa shape index (κ2) is 5.54. The number of nitrogens with one attached hydrogen (secondary N) is 1. The summed E-state index contributed by atoms with van der Waals surface area (Å²) in [5.74, 6) is 0. The molecule has 2 aliphatic heterocycles. The SMILES string of the molecule is Cc1[nH]nc(CN2CCC3(CC2)CC(C)(O)CCO3)c1Cl. The molecule has 118 valence electrons. The van der Waals surface area contributed by atoms with E-state index < -0.39 is 5.60 Å². The third kappa shape index (κ3) is 3.26. The Morgan fingerprint density at radius 2 is 2.10 bits per heavy atom. The van der Waals surface area contributed by atoms with Crippen LogP contribution < -0.4 is 0 Å². The number of piperidine rings is 1. The Labute approximate surface area is 130 Å². The highest BCUT2D eigenvalue weighted by molar-refractivity contribution is 6.31. The topological polar surface area (TPSA) is 61.4 Å². The van der Waals surface area contributed by atoms with E-state index in [1.807, 2.05) is 13.8 Å². The van der Waals surface area contributed by atoms with Gasteiger partial charge in [0, 0.05) is 26.1 Å². The molecule has 2 N–H and O–H groups in total. The number of hydrogen-bond acceptors (Lipinski definition) is 4. The molecule has 2 aliphatic rings. The van der Waals surface area contributed by atoms with Gasteiger partial charge in [-0.3, -0.25) is 10.00 Å². The summed E-state index contributed by atoms with van der Waals surface area (Å²) < 4.78 is 6.03. The standard InChI is InChI=1S/C15H24ClN3O2/c1-11-13(16)12(18-17-11)9-19-6-3-15(4-7-19)10-14(2,20)5-8-21-15/h20H,3-10H2,1-2H3,(H,17,18). The van der Waals surface area contributed by atoms with Crippen LogP contribution in [0.25, 0.3) is 0 Å². The number of H-pyrrole nitrogens is 1. The lowest BCUT2D eigenvalue weighted by Crippen LogP contribution is -2.53. The van der Waals surface area contributed by atoms with Gasteiger partial charge in [0.25, 0.3) is 0 Å². The van der Waals surface area contributed by atoms with Gasteiger partial charge in [-0.25, -0.2) is 0 Å². The van der Waals surface area contributed by atoms with E-state index in [1.165, 1.54) is 0 Å². The average molecular weight is 314 g/mol. The maximum absolute atomic E-state index is 10.3. The Hall–Kier alpha value is -0.620. The summed E-state index contributed by atoms with van der Waals surface area (Å²) in [6.45, 7) is 7.21. The number of likely N-dealkylation sites (tertiary alicyclic amines) is 1. The first-order valence-electron chi connectivity index (χ1n) is 7.67. The van der Waals surface area contributed by atoms with Gasteiger partial charge in [-0.2, -0.15) is 5.10 Å². The summed E-state index contributed by atoms with van der Waals surface area (Å²) in [5.41, 5.74) is 1.13. The lowest BCUT2D eigenvalue weighted by Gasteiger charge is -2.48. The third-order valence-electron chi connectivity index (χ3n) is 4.83. The summed E-state index contributed by atoms with van der Waals surface area (Å²) in [7, 11) is 0. The smallest absolute Gasteiger partial charge is 0.0951 e. The molecule has 6 heteroatoms. The van der Waals surface area contributed by atoms with Gasteiger partial charge in [-0.15, -0.1) is 0 Å². The molecule has 2 fully saturated rings. The summed E-state index contributed by atoms with van der Waals surface area (Å²) in [6, 6.07) is 0. The number of hydrogen-bond donors (Lipinski definition) is 2. The highest BCUT2D eigenvalue weighted by Crippen LogP contribution is 2.39. The predicted molar refractivity (Wildman–Crippen MR) is 81.4 cm³/mol. The quantitative estimate of drug-likeness (QED) is 0.879. The van der Waals surface area contributed by atoms with Crippen molar-refractivity contribution in [2.24, 2.45) is 0 Å². The minimum atomic E-state index is -0.580. The van der Waals surface area contributed by atoms with Crippen LogP contribution in [0, 0.1) is 6.92 Å². The van der Waals surface area contributed by atoms with Gasteiger partial charge in [0.1, 0.15) is 0 Å². The number of ether oxygens (including phenoxy) is 1. The van der Waals surface area contributed by atoms with Gasteiger partial charge in [-0.05, 0) is 33.1 Å². The van der Waals surface area contributed by atoms with Crippen molar-refractivity contribution >= 4 is 11.6 Å². The summed E-state index contributed by atoms with van der Waals surface area (Å²) in [4.78, 5) is 2.36. The van der Waals surface area contributed by atoms with Crippen LogP contribution in [-0.2, 0) is 11.3 Å². The molecule has 1 atom stereocenters. The molecule has 0 amide bonds. The van der Waals surface area contributed by atoms with Crippen molar-refractivity contribution in [1.29, 1.82) is 0 Å². The number of aliphatic hydroxyl groups is 1. The maximum atomic E-state index is 10.3. The Kier molecular flexibility index (Phi) is 4.03. The van der Waals surface area contributed by atoms with Crippen molar-refractivity contribution in [3.05, 3.63) is 16.4 Å². The molecule has 2 saturated heterocycles. The molecule has 1 aromatic rings. The van der Waals surface area contributed by atoms with E-state index in [1.54, 1.807) is 0 Å². The number of aryl methyl sites for hydroxylation is 1. The second-order valence-corrected chi connectivity index (χ2v) is 7.22. The summed E-state index contributed by atoms with van der Waals surface area (Å²) >= 11 is 6.23. The lowest BCUT2D eigenvalue weighted by molar-refractivity contribution is -0.173. The zero-order valence-corrected chi connectivity index (χ0v) is 13.5. The van der Waals surface area contributed by atoms with Crippen LogP contribution in [-0.4, -0.2) is 51.1 Å². The number of aromatic amines is 1. The Morgan fingerprint density at radius 3 is 2.67 bits per heavy atom. The minimum absolute atomic E-state index is 0.135. The summed E-state index contributed by atoms with van der Waals surface area (Å²) in [5, 5.41) is 18.2. The van der Waals surface area contributed by atoms with Crippen molar-refractivity contribution in [2.75, 3.05) is 19.7 Å². The molecule has 1 unspecified atom stereocenters. The molecule has 1 spiro atoms. The van der Waals surface area contributed by atoms with Gasteiger partial charge >= 0.3 is 0 Å². The van der Waals surface area contributed by atoms with Gasteiger partial charge in [-0.1, -0.05) is 11.6 Å². The fraction of sp³-hybridized carbons (Fsp3) is 0.800. The molecule has 0 saturated carbocycles. The van der Waals surface area contributed by atoms with Crippen LogP contribution in [0.15, 0.2) is 0 Å². The van der Waals surface area contributed by atoms with E-state index in [4.69, 9.17) is 16.3 Å². The molecule has 0 aromatic carbocycles. The van der Waals surface area contributed by atoms with Gasteiger partial charge in [0.15, 0.2) is 0 Å². The maximum Gasteiger partial charge on any atom is 0.0951 e. The minimum Gasteiger partial charge on any atom is -0.390 e. The van der Waals surface area contributed by atoms with Crippen molar-refractivity contribution in [2.45, 2.75) is 57.3 Å². The zero-order valence-electron chi connectivity index (χ0n) is 12.8. The number of halogens is 1. The average Bonchev–Trinajstić information content (AvgIpc) is 2.72. The number of nitrogens with zero attached hydrogens (tertiary/aromatic N) is 2. The predicted octanol–water partition coefficient (Wildman–Crippen LogP) is 2.27.